The Morgan fingerprint density at radius 2 is 2.05 bits per heavy atom. The summed E-state index contributed by atoms with van der Waals surface area (Å²) >= 11 is 0. The second kappa shape index (κ2) is 6.57. The average Bonchev–Trinajstić information content (AvgIpc) is 3.14. The lowest BCUT2D eigenvalue weighted by Crippen LogP contribution is -2.49. The highest BCUT2D eigenvalue weighted by atomic mass is 16.3. The molecule has 2 N–H and O–H groups in total. The van der Waals surface area contributed by atoms with Crippen LogP contribution in [0, 0.1) is 5.92 Å². The van der Waals surface area contributed by atoms with E-state index in [0.29, 0.717) is 5.92 Å². The van der Waals surface area contributed by atoms with Gasteiger partial charge in [-0.15, -0.1) is 0 Å². The van der Waals surface area contributed by atoms with E-state index >= 15 is 0 Å². The topological polar surface area (TPSA) is 55.8 Å². The van der Waals surface area contributed by atoms with E-state index in [2.05, 4.69) is 29.3 Å². The van der Waals surface area contributed by atoms with Gasteiger partial charge in [0, 0.05) is 31.4 Å². The number of urea groups is 1. The number of amides is 2. The number of benzene rings is 1. The van der Waals surface area contributed by atoms with E-state index in [0.717, 1.165) is 32.5 Å². The Morgan fingerprint density at radius 1 is 1.27 bits per heavy atom. The highest BCUT2D eigenvalue weighted by Gasteiger charge is 2.35. The average molecular weight is 303 g/mol. The highest BCUT2D eigenvalue weighted by molar-refractivity contribution is 5.75. The highest BCUT2D eigenvalue weighted by Crippen LogP contribution is 2.24. The van der Waals surface area contributed by atoms with Crippen molar-refractivity contribution in [1.82, 2.24) is 10.2 Å². The molecule has 22 heavy (non-hydrogen) atoms. The van der Waals surface area contributed by atoms with Crippen molar-refractivity contribution in [3.63, 3.8) is 0 Å². The molecule has 0 radical (unpaired) electrons. The van der Waals surface area contributed by atoms with Crippen LogP contribution in [0.25, 0.3) is 0 Å². The molecule has 0 aromatic heterocycles. The molecule has 0 spiro atoms. The SMILES string of the molecule is C[C@@H]1CCN(C(=O)N[C@H]2CCN(c3ccccc3)C2)[C@H]1CO. The van der Waals surface area contributed by atoms with Gasteiger partial charge in [-0.05, 0) is 30.9 Å². The standard InChI is InChI=1S/C17H25N3O2/c1-13-7-10-20(16(13)12-21)17(22)18-14-8-9-19(11-14)15-5-3-2-4-6-15/h2-6,13-14,16,21H,7-12H2,1H3,(H,18,22)/t13-,14+,16+/m1/s1. The summed E-state index contributed by atoms with van der Waals surface area (Å²) in [5.41, 5.74) is 1.21. The summed E-state index contributed by atoms with van der Waals surface area (Å²) in [4.78, 5) is 16.6. The Bertz CT molecular complexity index is 508. The molecule has 0 aliphatic carbocycles. The summed E-state index contributed by atoms with van der Waals surface area (Å²) in [5.74, 6) is 0.375. The van der Waals surface area contributed by atoms with E-state index in [-0.39, 0.29) is 24.7 Å². The zero-order valence-corrected chi connectivity index (χ0v) is 13.1. The number of carbonyl (C=O) groups is 1. The van der Waals surface area contributed by atoms with Gasteiger partial charge in [-0.3, -0.25) is 0 Å². The predicted octanol–water partition coefficient (Wildman–Crippen LogP) is 1.68. The molecule has 2 heterocycles. The minimum absolute atomic E-state index is 0.0247. The van der Waals surface area contributed by atoms with Crippen LogP contribution in [0.3, 0.4) is 0 Å². The molecule has 2 aliphatic rings. The quantitative estimate of drug-likeness (QED) is 0.893. The van der Waals surface area contributed by atoms with Gasteiger partial charge >= 0.3 is 6.03 Å². The fraction of sp³-hybridized carbons (Fsp3) is 0.588. The molecule has 5 nitrogen and oxygen atoms in total. The second-order valence-electron chi connectivity index (χ2n) is 6.43. The van der Waals surface area contributed by atoms with Crippen molar-refractivity contribution in [2.24, 2.45) is 5.92 Å². The van der Waals surface area contributed by atoms with Crippen LogP contribution >= 0.6 is 0 Å². The van der Waals surface area contributed by atoms with Crippen LogP contribution < -0.4 is 10.2 Å². The minimum Gasteiger partial charge on any atom is -0.394 e. The molecule has 1 aromatic rings. The smallest absolute Gasteiger partial charge is 0.318 e. The number of hydrogen-bond donors (Lipinski definition) is 2. The molecule has 0 saturated carbocycles. The first-order valence-corrected chi connectivity index (χ1v) is 8.17. The molecule has 0 unspecified atom stereocenters. The van der Waals surface area contributed by atoms with E-state index in [1.54, 1.807) is 4.90 Å². The molecule has 2 saturated heterocycles. The van der Waals surface area contributed by atoms with Gasteiger partial charge in [0.05, 0.1) is 12.6 Å². The van der Waals surface area contributed by atoms with Crippen molar-refractivity contribution < 1.29 is 9.90 Å². The number of para-hydroxylation sites is 1. The third-order valence-corrected chi connectivity index (χ3v) is 4.97. The molecule has 2 amide bonds. The molecular formula is C17H25N3O2. The molecule has 3 atom stereocenters. The molecule has 120 valence electrons. The molecule has 2 fully saturated rings. The summed E-state index contributed by atoms with van der Waals surface area (Å²) in [6.45, 7) is 4.71. The third kappa shape index (κ3) is 3.04. The van der Waals surface area contributed by atoms with Crippen LogP contribution in [-0.2, 0) is 0 Å². The minimum atomic E-state index is -0.0355. The molecule has 5 heteroatoms. The first kappa shape index (κ1) is 15.2. The zero-order valence-electron chi connectivity index (χ0n) is 13.1. The monoisotopic (exact) mass is 303 g/mol. The normalized spacial score (nSPS) is 28.2. The number of hydrogen-bond acceptors (Lipinski definition) is 3. The fourth-order valence-electron chi connectivity index (χ4n) is 3.55. The lowest BCUT2D eigenvalue weighted by atomic mass is 10.0. The van der Waals surface area contributed by atoms with Gasteiger partial charge in [0.25, 0.3) is 0 Å². The number of anilines is 1. The summed E-state index contributed by atoms with van der Waals surface area (Å²) in [7, 11) is 0. The van der Waals surface area contributed by atoms with Crippen LogP contribution in [0.1, 0.15) is 19.8 Å². The predicted molar refractivity (Wildman–Crippen MR) is 87.0 cm³/mol. The zero-order chi connectivity index (χ0) is 15.5. The van der Waals surface area contributed by atoms with Crippen molar-refractivity contribution in [3.8, 4) is 0 Å². The summed E-state index contributed by atoms with van der Waals surface area (Å²) < 4.78 is 0. The van der Waals surface area contributed by atoms with Gasteiger partial charge < -0.3 is 20.2 Å². The maximum Gasteiger partial charge on any atom is 0.318 e. The fourth-order valence-corrected chi connectivity index (χ4v) is 3.55. The second-order valence-corrected chi connectivity index (χ2v) is 6.43. The lowest BCUT2D eigenvalue weighted by Gasteiger charge is -2.27. The maximum absolute atomic E-state index is 12.4. The van der Waals surface area contributed by atoms with Crippen molar-refractivity contribution in [1.29, 1.82) is 0 Å². The Morgan fingerprint density at radius 3 is 2.77 bits per heavy atom. The Hall–Kier alpha value is -1.75. The number of nitrogens with zero attached hydrogens (tertiary/aromatic N) is 2. The van der Waals surface area contributed by atoms with Crippen molar-refractivity contribution in [3.05, 3.63) is 30.3 Å². The van der Waals surface area contributed by atoms with Crippen LogP contribution in [-0.4, -0.2) is 54.4 Å². The Labute approximate surface area is 131 Å². The number of carbonyl (C=O) groups excluding carboxylic acids is 1. The van der Waals surface area contributed by atoms with Gasteiger partial charge in [-0.1, -0.05) is 25.1 Å². The molecule has 2 aliphatic heterocycles. The largest absolute Gasteiger partial charge is 0.394 e. The lowest BCUT2D eigenvalue weighted by molar-refractivity contribution is 0.142. The van der Waals surface area contributed by atoms with Crippen LogP contribution in [0.15, 0.2) is 30.3 Å². The van der Waals surface area contributed by atoms with E-state index < -0.39 is 0 Å². The molecule has 1 aromatic carbocycles. The third-order valence-electron chi connectivity index (χ3n) is 4.97. The van der Waals surface area contributed by atoms with Crippen molar-refractivity contribution >= 4 is 11.7 Å². The van der Waals surface area contributed by atoms with Gasteiger partial charge in [-0.25, -0.2) is 4.79 Å². The van der Waals surface area contributed by atoms with Crippen LogP contribution in [0.5, 0.6) is 0 Å². The van der Waals surface area contributed by atoms with Crippen molar-refractivity contribution in [2.45, 2.75) is 31.8 Å². The molecule has 0 bridgehead atoms. The first-order chi connectivity index (χ1) is 10.7. The molecule has 3 rings (SSSR count). The summed E-state index contributed by atoms with van der Waals surface area (Å²) in [5, 5.41) is 12.6. The Balaban J connectivity index is 1.55. The van der Waals surface area contributed by atoms with E-state index in [4.69, 9.17) is 0 Å². The van der Waals surface area contributed by atoms with Crippen LogP contribution in [0.2, 0.25) is 0 Å². The first-order valence-electron chi connectivity index (χ1n) is 8.17. The molecular weight excluding hydrogens is 278 g/mol. The van der Waals surface area contributed by atoms with Crippen LogP contribution in [0.4, 0.5) is 10.5 Å². The number of nitrogens with one attached hydrogen (secondary N) is 1. The van der Waals surface area contributed by atoms with Gasteiger partial charge in [0.2, 0.25) is 0 Å². The number of rotatable bonds is 3. The number of likely N-dealkylation sites (tertiary alicyclic amines) is 1. The number of aliphatic hydroxyl groups excluding tert-OH is 1. The van der Waals surface area contributed by atoms with Gasteiger partial charge in [0.1, 0.15) is 0 Å². The van der Waals surface area contributed by atoms with E-state index in [1.807, 2.05) is 18.2 Å². The van der Waals surface area contributed by atoms with E-state index in [1.165, 1.54) is 5.69 Å². The van der Waals surface area contributed by atoms with Crippen molar-refractivity contribution in [2.75, 3.05) is 31.1 Å². The van der Waals surface area contributed by atoms with E-state index in [9.17, 15) is 9.90 Å². The van der Waals surface area contributed by atoms with Gasteiger partial charge in [0.15, 0.2) is 0 Å². The summed E-state index contributed by atoms with van der Waals surface area (Å²) in [6, 6.07) is 10.4. The van der Waals surface area contributed by atoms with Gasteiger partial charge in [-0.2, -0.15) is 0 Å². The maximum atomic E-state index is 12.4. The summed E-state index contributed by atoms with van der Waals surface area (Å²) in [6.07, 6.45) is 1.94. The number of aliphatic hydroxyl groups is 1. The Kier molecular flexibility index (Phi) is 4.52.